The second-order valence-electron chi connectivity index (χ2n) is 3.58. The van der Waals surface area contributed by atoms with Crippen LogP contribution in [0.2, 0.25) is 0 Å². The molecule has 1 heterocycles. The fraction of sp³-hybridized carbons (Fsp3) is 1.00. The maximum absolute atomic E-state index is 9.63. The van der Waals surface area contributed by atoms with Crippen LogP contribution in [0, 0.1) is 5.92 Å². The lowest BCUT2D eigenvalue weighted by Crippen LogP contribution is -2.51. The summed E-state index contributed by atoms with van der Waals surface area (Å²) >= 11 is 0. The van der Waals surface area contributed by atoms with Gasteiger partial charge in [-0.25, -0.2) is 0 Å². The van der Waals surface area contributed by atoms with Gasteiger partial charge in [-0.15, -0.1) is 0 Å². The first-order valence-corrected chi connectivity index (χ1v) is 4.79. The second-order valence-corrected chi connectivity index (χ2v) is 3.58. The van der Waals surface area contributed by atoms with Gasteiger partial charge in [-0.3, -0.25) is 0 Å². The number of ether oxygens (including phenoxy) is 1. The van der Waals surface area contributed by atoms with Crippen molar-refractivity contribution in [2.45, 2.75) is 38.1 Å². The van der Waals surface area contributed by atoms with E-state index < -0.39 is 18.3 Å². The molecule has 4 atom stereocenters. The molecule has 3 N–H and O–H groups in total. The van der Waals surface area contributed by atoms with Crippen molar-refractivity contribution < 1.29 is 20.1 Å². The third-order valence-corrected chi connectivity index (χ3v) is 2.58. The van der Waals surface area contributed by atoms with E-state index >= 15 is 0 Å². The van der Waals surface area contributed by atoms with Crippen molar-refractivity contribution >= 4 is 0 Å². The molecule has 0 saturated carbocycles. The number of hydrogen-bond donors (Lipinski definition) is 3. The quantitative estimate of drug-likeness (QED) is 0.562. The van der Waals surface area contributed by atoms with Gasteiger partial charge in [0.1, 0.15) is 12.2 Å². The highest BCUT2D eigenvalue weighted by Gasteiger charge is 2.37. The van der Waals surface area contributed by atoms with Crippen LogP contribution < -0.4 is 0 Å². The average Bonchev–Trinajstić information content (AvgIpc) is 2.14. The molecular formula is C9H18O4. The predicted molar refractivity (Wildman–Crippen MR) is 47.2 cm³/mol. The normalized spacial score (nSPS) is 40.6. The highest BCUT2D eigenvalue weighted by atomic mass is 16.5. The van der Waals surface area contributed by atoms with Crippen molar-refractivity contribution in [3.8, 4) is 0 Å². The van der Waals surface area contributed by atoms with Crippen molar-refractivity contribution in [1.29, 1.82) is 0 Å². The number of hydrogen-bond acceptors (Lipinski definition) is 4. The van der Waals surface area contributed by atoms with Gasteiger partial charge in [0.05, 0.1) is 19.3 Å². The summed E-state index contributed by atoms with van der Waals surface area (Å²) in [7, 11) is 0. The summed E-state index contributed by atoms with van der Waals surface area (Å²) in [4.78, 5) is 0. The zero-order valence-corrected chi connectivity index (χ0v) is 7.89. The fourth-order valence-corrected chi connectivity index (χ4v) is 1.73. The van der Waals surface area contributed by atoms with Crippen LogP contribution in [0.5, 0.6) is 0 Å². The summed E-state index contributed by atoms with van der Waals surface area (Å²) in [6.45, 7) is 2.21. The van der Waals surface area contributed by atoms with Crippen LogP contribution in [0.4, 0.5) is 0 Å². The Morgan fingerprint density at radius 2 is 2.00 bits per heavy atom. The van der Waals surface area contributed by atoms with Crippen LogP contribution in [0.15, 0.2) is 0 Å². The molecule has 4 unspecified atom stereocenters. The summed E-state index contributed by atoms with van der Waals surface area (Å²) in [5, 5.41) is 27.9. The maximum Gasteiger partial charge on any atom is 0.109 e. The van der Waals surface area contributed by atoms with Gasteiger partial charge in [-0.05, 0) is 6.42 Å². The number of rotatable bonds is 3. The minimum Gasteiger partial charge on any atom is -0.394 e. The molecule has 1 saturated heterocycles. The Hall–Kier alpha value is -0.160. The van der Waals surface area contributed by atoms with Gasteiger partial charge in [-0.1, -0.05) is 13.3 Å². The highest BCUT2D eigenvalue weighted by molar-refractivity contribution is 4.85. The minimum absolute atomic E-state index is 0.00259. The smallest absolute Gasteiger partial charge is 0.109 e. The monoisotopic (exact) mass is 190 g/mol. The van der Waals surface area contributed by atoms with Crippen molar-refractivity contribution in [2.75, 3.05) is 13.2 Å². The molecule has 1 fully saturated rings. The summed E-state index contributed by atoms with van der Waals surface area (Å²) in [6, 6.07) is 0. The molecule has 0 spiro atoms. The van der Waals surface area contributed by atoms with Gasteiger partial charge in [0.25, 0.3) is 0 Å². The van der Waals surface area contributed by atoms with Crippen LogP contribution >= 0.6 is 0 Å². The van der Waals surface area contributed by atoms with Crippen LogP contribution in [0.1, 0.15) is 19.8 Å². The third kappa shape index (κ3) is 2.40. The maximum atomic E-state index is 9.63. The van der Waals surface area contributed by atoms with Crippen molar-refractivity contribution in [3.05, 3.63) is 0 Å². The molecule has 0 aliphatic carbocycles. The standard InChI is InChI=1S/C9H18O4/c1-2-3-6-5-13-7(4-10)9(12)8(6)11/h6-12H,2-5H2,1H3. The molecule has 0 bridgehead atoms. The van der Waals surface area contributed by atoms with E-state index in [2.05, 4.69) is 0 Å². The SMILES string of the molecule is CCCC1COC(CO)C(O)C1O. The van der Waals surface area contributed by atoms with Gasteiger partial charge in [-0.2, -0.15) is 0 Å². The van der Waals surface area contributed by atoms with Crippen LogP contribution in [0.3, 0.4) is 0 Å². The minimum atomic E-state index is -0.949. The van der Waals surface area contributed by atoms with Crippen molar-refractivity contribution in [1.82, 2.24) is 0 Å². The number of aliphatic hydroxyl groups excluding tert-OH is 3. The molecule has 0 radical (unpaired) electrons. The Morgan fingerprint density at radius 3 is 2.54 bits per heavy atom. The van der Waals surface area contributed by atoms with Crippen LogP contribution in [0.25, 0.3) is 0 Å². The Balaban J connectivity index is 2.48. The predicted octanol–water partition coefficient (Wildman–Crippen LogP) is -0.484. The van der Waals surface area contributed by atoms with E-state index in [-0.39, 0.29) is 12.5 Å². The first-order valence-electron chi connectivity index (χ1n) is 4.79. The van der Waals surface area contributed by atoms with Crippen molar-refractivity contribution in [3.63, 3.8) is 0 Å². The van der Waals surface area contributed by atoms with Gasteiger partial charge in [0.15, 0.2) is 0 Å². The van der Waals surface area contributed by atoms with Gasteiger partial charge in [0, 0.05) is 5.92 Å². The molecule has 13 heavy (non-hydrogen) atoms. The summed E-state index contributed by atoms with van der Waals surface area (Å²) < 4.78 is 5.21. The fourth-order valence-electron chi connectivity index (χ4n) is 1.73. The summed E-state index contributed by atoms with van der Waals surface area (Å²) in [6.07, 6.45) is -0.526. The lowest BCUT2D eigenvalue weighted by molar-refractivity contribution is -0.175. The van der Waals surface area contributed by atoms with Crippen LogP contribution in [-0.4, -0.2) is 46.8 Å². The molecule has 0 aromatic heterocycles. The lowest BCUT2D eigenvalue weighted by atomic mass is 9.89. The summed E-state index contributed by atoms with van der Waals surface area (Å²) in [5.74, 6) is 0.00259. The molecule has 4 heteroatoms. The van der Waals surface area contributed by atoms with Gasteiger partial charge in [0.2, 0.25) is 0 Å². The van der Waals surface area contributed by atoms with E-state index in [4.69, 9.17) is 9.84 Å². The molecule has 0 amide bonds. The zero-order chi connectivity index (χ0) is 9.84. The Morgan fingerprint density at radius 1 is 1.31 bits per heavy atom. The Kier molecular flexibility index (Phi) is 4.12. The highest BCUT2D eigenvalue weighted by Crippen LogP contribution is 2.23. The third-order valence-electron chi connectivity index (χ3n) is 2.58. The van der Waals surface area contributed by atoms with Gasteiger partial charge >= 0.3 is 0 Å². The topological polar surface area (TPSA) is 69.9 Å². The summed E-state index contributed by atoms with van der Waals surface area (Å²) in [5.41, 5.74) is 0. The van der Waals surface area contributed by atoms with E-state index in [0.717, 1.165) is 12.8 Å². The van der Waals surface area contributed by atoms with E-state index in [1.165, 1.54) is 0 Å². The first kappa shape index (κ1) is 10.9. The zero-order valence-electron chi connectivity index (χ0n) is 7.89. The lowest BCUT2D eigenvalue weighted by Gasteiger charge is -2.36. The Bertz CT molecular complexity index is 149. The molecule has 78 valence electrons. The largest absolute Gasteiger partial charge is 0.394 e. The van der Waals surface area contributed by atoms with E-state index in [1.807, 2.05) is 6.92 Å². The molecule has 0 aromatic rings. The molecule has 1 aliphatic rings. The molecular weight excluding hydrogens is 172 g/mol. The molecule has 4 nitrogen and oxygen atoms in total. The van der Waals surface area contributed by atoms with E-state index in [1.54, 1.807) is 0 Å². The average molecular weight is 190 g/mol. The van der Waals surface area contributed by atoms with E-state index in [9.17, 15) is 10.2 Å². The van der Waals surface area contributed by atoms with Crippen molar-refractivity contribution in [2.24, 2.45) is 5.92 Å². The van der Waals surface area contributed by atoms with Crippen LogP contribution in [-0.2, 0) is 4.74 Å². The molecule has 0 aromatic carbocycles. The van der Waals surface area contributed by atoms with E-state index in [0.29, 0.717) is 6.61 Å². The first-order chi connectivity index (χ1) is 6.20. The number of aliphatic hydroxyl groups is 3. The molecule has 1 rings (SSSR count). The second kappa shape index (κ2) is 4.91. The molecule has 1 aliphatic heterocycles. The Labute approximate surface area is 78.1 Å². The van der Waals surface area contributed by atoms with Gasteiger partial charge < -0.3 is 20.1 Å².